The fourth-order valence-electron chi connectivity index (χ4n) is 3.96. The van der Waals surface area contributed by atoms with Crippen LogP contribution in [0.4, 0.5) is 5.82 Å². The largest absolute Gasteiger partial charge is 0.363 e. The van der Waals surface area contributed by atoms with Gasteiger partial charge in [-0.3, -0.25) is 0 Å². The van der Waals surface area contributed by atoms with Crippen molar-refractivity contribution in [2.24, 2.45) is 0 Å². The molecule has 5 rings (SSSR count). The molecule has 2 heterocycles. The number of rotatable bonds is 2. The quantitative estimate of drug-likeness (QED) is 0.581. The van der Waals surface area contributed by atoms with E-state index in [4.69, 9.17) is 4.98 Å². The Morgan fingerprint density at radius 1 is 1.08 bits per heavy atom. The second-order valence-corrected chi connectivity index (χ2v) is 6.82. The smallest absolute Gasteiger partial charge is 0.158 e. The van der Waals surface area contributed by atoms with E-state index in [-0.39, 0.29) is 0 Å². The summed E-state index contributed by atoms with van der Waals surface area (Å²) >= 11 is 0. The molecular weight excluding hydrogens is 308 g/mol. The maximum absolute atomic E-state index is 4.88. The van der Waals surface area contributed by atoms with Crippen LogP contribution < -0.4 is 5.32 Å². The first kappa shape index (κ1) is 14.5. The lowest BCUT2D eigenvalue weighted by atomic mass is 9.88. The lowest BCUT2D eigenvalue weighted by molar-refractivity contribution is 0.599. The summed E-state index contributed by atoms with van der Waals surface area (Å²) in [6.07, 6.45) is 3.51. The highest BCUT2D eigenvalue weighted by Crippen LogP contribution is 2.34. The van der Waals surface area contributed by atoms with E-state index >= 15 is 0 Å². The van der Waals surface area contributed by atoms with Crippen LogP contribution in [0.25, 0.3) is 16.6 Å². The second kappa shape index (κ2) is 5.59. The molecule has 124 valence electrons. The maximum atomic E-state index is 4.88. The second-order valence-electron chi connectivity index (χ2n) is 6.82. The van der Waals surface area contributed by atoms with Crippen molar-refractivity contribution in [1.82, 2.24) is 14.6 Å². The zero-order chi connectivity index (χ0) is 16.8. The predicted molar refractivity (Wildman–Crippen MR) is 101 cm³/mol. The molecule has 2 aromatic heterocycles. The van der Waals surface area contributed by atoms with Gasteiger partial charge in [0.15, 0.2) is 5.65 Å². The molecule has 4 nitrogen and oxygen atoms in total. The van der Waals surface area contributed by atoms with Gasteiger partial charge in [-0.2, -0.15) is 5.10 Å². The number of anilines is 1. The molecule has 0 saturated carbocycles. The highest BCUT2D eigenvalue weighted by molar-refractivity contribution is 5.91. The van der Waals surface area contributed by atoms with Gasteiger partial charge in [-0.25, -0.2) is 9.50 Å². The average Bonchev–Trinajstić information content (AvgIpc) is 3.03. The van der Waals surface area contributed by atoms with Crippen molar-refractivity contribution < 1.29 is 0 Å². The van der Waals surface area contributed by atoms with Crippen LogP contribution in [0.15, 0.2) is 54.6 Å². The zero-order valence-electron chi connectivity index (χ0n) is 14.2. The molecule has 0 aliphatic heterocycles. The fourth-order valence-corrected chi connectivity index (χ4v) is 3.96. The number of hydrogen-bond acceptors (Lipinski definition) is 3. The van der Waals surface area contributed by atoms with E-state index in [1.807, 2.05) is 17.5 Å². The van der Waals surface area contributed by atoms with Crippen molar-refractivity contribution >= 4 is 22.4 Å². The van der Waals surface area contributed by atoms with Crippen LogP contribution in [0, 0.1) is 6.92 Å². The van der Waals surface area contributed by atoms with E-state index in [0.717, 1.165) is 34.5 Å². The summed E-state index contributed by atoms with van der Waals surface area (Å²) in [6, 6.07) is 19.5. The van der Waals surface area contributed by atoms with E-state index in [9.17, 15) is 0 Å². The number of aromatic nitrogens is 3. The number of hydrogen-bond donors (Lipinski definition) is 1. The summed E-state index contributed by atoms with van der Waals surface area (Å²) in [7, 11) is 0. The van der Waals surface area contributed by atoms with Gasteiger partial charge in [0.2, 0.25) is 0 Å². The molecule has 0 fully saturated rings. The average molecular weight is 328 g/mol. The minimum absolute atomic E-state index is 0.312. The molecule has 4 heteroatoms. The first-order valence-electron chi connectivity index (χ1n) is 8.89. The molecule has 4 aromatic rings. The molecule has 1 aliphatic rings. The molecule has 0 saturated heterocycles. The first-order valence-corrected chi connectivity index (χ1v) is 8.89. The van der Waals surface area contributed by atoms with Crippen LogP contribution in [-0.2, 0) is 6.42 Å². The third-order valence-electron chi connectivity index (χ3n) is 5.11. The van der Waals surface area contributed by atoms with Gasteiger partial charge in [-0.1, -0.05) is 36.4 Å². The van der Waals surface area contributed by atoms with Crippen LogP contribution in [0.1, 0.15) is 35.7 Å². The van der Waals surface area contributed by atoms with Gasteiger partial charge in [0, 0.05) is 11.5 Å². The molecule has 25 heavy (non-hydrogen) atoms. The molecule has 0 bridgehead atoms. The zero-order valence-corrected chi connectivity index (χ0v) is 14.2. The van der Waals surface area contributed by atoms with Crippen LogP contribution in [-0.4, -0.2) is 14.6 Å². The van der Waals surface area contributed by atoms with Gasteiger partial charge in [-0.05, 0) is 49.4 Å². The Bertz CT molecular complexity index is 1080. The Hall–Kier alpha value is -2.88. The lowest BCUT2D eigenvalue weighted by Crippen LogP contribution is -2.18. The Kier molecular flexibility index (Phi) is 3.23. The molecule has 0 unspecified atom stereocenters. The summed E-state index contributed by atoms with van der Waals surface area (Å²) < 4.78 is 1.94. The standard InChI is InChI=1S/C21H20N4/c1-14-13-20-23-21(17-10-4-5-12-19(17)25(20)24-14)22-18-11-6-8-15-7-2-3-9-16(15)18/h2-5,7,9-10,12-13,18H,6,8,11H2,1H3,(H,22,23)/t18-/m1/s1. The van der Waals surface area contributed by atoms with Crippen LogP contribution in [0.5, 0.6) is 0 Å². The number of benzene rings is 2. The third-order valence-corrected chi connectivity index (χ3v) is 5.11. The lowest BCUT2D eigenvalue weighted by Gasteiger charge is -2.27. The summed E-state index contributed by atoms with van der Waals surface area (Å²) in [5.41, 5.74) is 5.83. The van der Waals surface area contributed by atoms with Crippen molar-refractivity contribution in [2.45, 2.75) is 32.2 Å². The van der Waals surface area contributed by atoms with Gasteiger partial charge in [0.25, 0.3) is 0 Å². The maximum Gasteiger partial charge on any atom is 0.158 e. The van der Waals surface area contributed by atoms with Gasteiger partial charge >= 0.3 is 0 Å². The van der Waals surface area contributed by atoms with Crippen molar-refractivity contribution in [2.75, 3.05) is 5.32 Å². The third kappa shape index (κ3) is 2.37. The van der Waals surface area contributed by atoms with E-state index in [2.05, 4.69) is 58.9 Å². The minimum Gasteiger partial charge on any atom is -0.363 e. The van der Waals surface area contributed by atoms with E-state index in [1.54, 1.807) is 0 Å². The predicted octanol–water partition coefficient (Wildman–Crippen LogP) is 4.68. The molecule has 0 radical (unpaired) electrons. The van der Waals surface area contributed by atoms with Crippen molar-refractivity contribution in [3.8, 4) is 0 Å². The number of nitrogens with one attached hydrogen (secondary N) is 1. The summed E-state index contributed by atoms with van der Waals surface area (Å²) in [6.45, 7) is 2.01. The number of fused-ring (bicyclic) bond motifs is 4. The van der Waals surface area contributed by atoms with Gasteiger partial charge in [0.1, 0.15) is 5.82 Å². The Labute approximate surface area is 146 Å². The molecule has 1 atom stereocenters. The first-order chi connectivity index (χ1) is 12.3. The molecule has 1 N–H and O–H groups in total. The van der Waals surface area contributed by atoms with Crippen molar-refractivity contribution in [3.63, 3.8) is 0 Å². The Balaban J connectivity index is 1.66. The highest BCUT2D eigenvalue weighted by atomic mass is 15.3. The topological polar surface area (TPSA) is 42.2 Å². The molecular formula is C21H20N4. The van der Waals surface area contributed by atoms with Crippen LogP contribution >= 0.6 is 0 Å². The monoisotopic (exact) mass is 328 g/mol. The molecule has 0 amide bonds. The summed E-state index contributed by atoms with van der Waals surface area (Å²) in [4.78, 5) is 4.88. The van der Waals surface area contributed by atoms with E-state index in [0.29, 0.717) is 6.04 Å². The molecule has 1 aliphatic carbocycles. The van der Waals surface area contributed by atoms with E-state index in [1.165, 1.54) is 24.0 Å². The van der Waals surface area contributed by atoms with Crippen molar-refractivity contribution in [3.05, 3.63) is 71.4 Å². The highest BCUT2D eigenvalue weighted by Gasteiger charge is 2.21. The summed E-state index contributed by atoms with van der Waals surface area (Å²) in [5.74, 6) is 0.949. The van der Waals surface area contributed by atoms with Gasteiger partial charge in [-0.15, -0.1) is 0 Å². The number of nitrogens with zero attached hydrogens (tertiary/aromatic N) is 3. The number of aryl methyl sites for hydroxylation is 2. The number of para-hydroxylation sites is 1. The Morgan fingerprint density at radius 3 is 2.88 bits per heavy atom. The normalized spacial score (nSPS) is 16.9. The van der Waals surface area contributed by atoms with Gasteiger partial charge < -0.3 is 5.32 Å². The molecule has 2 aromatic carbocycles. The van der Waals surface area contributed by atoms with Crippen LogP contribution in [0.3, 0.4) is 0 Å². The van der Waals surface area contributed by atoms with E-state index < -0.39 is 0 Å². The minimum atomic E-state index is 0.312. The van der Waals surface area contributed by atoms with Gasteiger partial charge in [0.05, 0.1) is 17.3 Å². The summed E-state index contributed by atoms with van der Waals surface area (Å²) in [5, 5.41) is 9.43. The fraction of sp³-hybridized carbons (Fsp3) is 0.238. The van der Waals surface area contributed by atoms with Crippen molar-refractivity contribution in [1.29, 1.82) is 0 Å². The Morgan fingerprint density at radius 2 is 1.92 bits per heavy atom. The van der Waals surface area contributed by atoms with Crippen LogP contribution in [0.2, 0.25) is 0 Å². The molecule has 0 spiro atoms. The SMILES string of the molecule is Cc1cc2nc(N[C@@H]3CCCc4ccccc43)c3ccccc3n2n1.